The Kier molecular flexibility index (Phi) is 7.51. The third-order valence-corrected chi connectivity index (χ3v) is 5.96. The Labute approximate surface area is 191 Å². The van der Waals surface area contributed by atoms with E-state index >= 15 is 0 Å². The molecule has 174 valence electrons. The molecule has 0 bridgehead atoms. The number of rotatable bonds is 7. The van der Waals surface area contributed by atoms with Gasteiger partial charge in [-0.1, -0.05) is 30.3 Å². The number of benzene rings is 2. The standard InChI is InChI=1S/C24H19F6NOS/c1-33-21-7-3-2-5-16(21)13-18(32)14-19(15-8-10-17(11-9-15)23(25,26)27)22-20(24(28,29)30)6-4-12-31-22/h2-12,19H,13-14H2,1H3/t19-/m0/s1. The number of aromatic nitrogens is 1. The van der Waals surface area contributed by atoms with E-state index in [1.54, 1.807) is 12.1 Å². The van der Waals surface area contributed by atoms with Gasteiger partial charge in [0.05, 0.1) is 16.8 Å². The number of hydrogen-bond acceptors (Lipinski definition) is 3. The monoisotopic (exact) mass is 483 g/mol. The average Bonchev–Trinajstić information content (AvgIpc) is 2.77. The maximum atomic E-state index is 13.7. The van der Waals surface area contributed by atoms with Crippen molar-refractivity contribution in [3.05, 3.63) is 94.8 Å². The summed E-state index contributed by atoms with van der Waals surface area (Å²) in [6, 6.07) is 13.0. The van der Waals surface area contributed by atoms with Gasteiger partial charge in [-0.3, -0.25) is 9.78 Å². The number of alkyl halides is 6. The lowest BCUT2D eigenvalue weighted by Gasteiger charge is -2.21. The Morgan fingerprint density at radius 1 is 0.909 bits per heavy atom. The van der Waals surface area contributed by atoms with Gasteiger partial charge in [-0.25, -0.2) is 0 Å². The zero-order chi connectivity index (χ0) is 24.2. The minimum absolute atomic E-state index is 0.0116. The minimum atomic E-state index is -4.73. The molecule has 0 aliphatic rings. The summed E-state index contributed by atoms with van der Waals surface area (Å²) < 4.78 is 79.9. The number of pyridine rings is 1. The SMILES string of the molecule is CSc1ccccc1CC(=O)C[C@@H](c1ccc(C(F)(F)F)cc1)c1ncccc1C(F)(F)F. The first-order valence-electron chi connectivity index (χ1n) is 9.83. The van der Waals surface area contributed by atoms with Crippen LogP contribution in [0.4, 0.5) is 26.3 Å². The topological polar surface area (TPSA) is 30.0 Å². The highest BCUT2D eigenvalue weighted by Crippen LogP contribution is 2.39. The van der Waals surface area contributed by atoms with Crippen molar-refractivity contribution >= 4 is 17.5 Å². The normalized spacial score (nSPS) is 13.1. The molecular formula is C24H19F6NOS. The van der Waals surface area contributed by atoms with E-state index in [1.807, 2.05) is 18.4 Å². The second kappa shape index (κ2) is 9.99. The summed E-state index contributed by atoms with van der Waals surface area (Å²) in [6.07, 6.45) is -6.65. The maximum Gasteiger partial charge on any atom is 0.418 e. The van der Waals surface area contributed by atoms with Crippen molar-refractivity contribution in [2.45, 2.75) is 36.0 Å². The average molecular weight is 483 g/mol. The third kappa shape index (κ3) is 6.16. The van der Waals surface area contributed by atoms with Gasteiger partial charge >= 0.3 is 12.4 Å². The van der Waals surface area contributed by atoms with Crippen LogP contribution in [0.1, 0.15) is 40.3 Å². The first kappa shape index (κ1) is 24.8. The summed E-state index contributed by atoms with van der Waals surface area (Å²) in [7, 11) is 0. The van der Waals surface area contributed by atoms with Crippen LogP contribution in [0, 0.1) is 0 Å². The number of ketones is 1. The van der Waals surface area contributed by atoms with Crippen LogP contribution in [-0.2, 0) is 23.6 Å². The summed E-state index contributed by atoms with van der Waals surface area (Å²) in [5.74, 6) is -1.50. The molecule has 2 aromatic carbocycles. The smallest absolute Gasteiger partial charge is 0.299 e. The molecule has 2 nitrogen and oxygen atoms in total. The number of carbonyl (C=O) groups excluding carboxylic acids is 1. The van der Waals surface area contributed by atoms with Gasteiger partial charge in [-0.2, -0.15) is 26.3 Å². The fourth-order valence-electron chi connectivity index (χ4n) is 3.57. The van der Waals surface area contributed by atoms with Crippen molar-refractivity contribution in [1.82, 2.24) is 4.98 Å². The molecule has 3 aromatic rings. The molecule has 0 fully saturated rings. The van der Waals surface area contributed by atoms with E-state index in [0.29, 0.717) is 0 Å². The molecular weight excluding hydrogens is 464 g/mol. The summed E-state index contributed by atoms with van der Waals surface area (Å²) >= 11 is 1.44. The molecule has 3 rings (SSSR count). The predicted octanol–water partition coefficient (Wildman–Crippen LogP) is 7.17. The van der Waals surface area contributed by atoms with Gasteiger partial charge in [-0.05, 0) is 47.7 Å². The molecule has 0 radical (unpaired) electrons. The van der Waals surface area contributed by atoms with Crippen molar-refractivity contribution in [2.75, 3.05) is 6.26 Å². The van der Waals surface area contributed by atoms with E-state index in [9.17, 15) is 31.1 Å². The predicted molar refractivity (Wildman–Crippen MR) is 114 cm³/mol. The van der Waals surface area contributed by atoms with Crippen LogP contribution >= 0.6 is 11.8 Å². The van der Waals surface area contributed by atoms with Gasteiger partial charge in [0.15, 0.2) is 0 Å². The first-order chi connectivity index (χ1) is 15.5. The number of hydrogen-bond donors (Lipinski definition) is 0. The van der Waals surface area contributed by atoms with Crippen LogP contribution in [0.2, 0.25) is 0 Å². The Balaban J connectivity index is 2.00. The van der Waals surface area contributed by atoms with Gasteiger partial charge < -0.3 is 0 Å². The Bertz CT molecular complexity index is 1110. The third-order valence-electron chi connectivity index (χ3n) is 5.13. The fourth-order valence-corrected chi connectivity index (χ4v) is 4.19. The van der Waals surface area contributed by atoms with Gasteiger partial charge in [0, 0.05) is 29.9 Å². The van der Waals surface area contributed by atoms with Crippen molar-refractivity contribution < 1.29 is 31.1 Å². The van der Waals surface area contributed by atoms with E-state index in [-0.39, 0.29) is 24.2 Å². The van der Waals surface area contributed by atoms with Gasteiger partial charge in [0.1, 0.15) is 5.78 Å². The lowest BCUT2D eigenvalue weighted by Crippen LogP contribution is -2.18. The quantitative estimate of drug-likeness (QED) is 0.264. The summed E-state index contributed by atoms with van der Waals surface area (Å²) in [4.78, 5) is 17.7. The number of thioether (sulfide) groups is 1. The highest BCUT2D eigenvalue weighted by atomic mass is 32.2. The van der Waals surface area contributed by atoms with Crippen LogP contribution in [0.15, 0.2) is 71.8 Å². The van der Waals surface area contributed by atoms with Gasteiger partial charge in [0.25, 0.3) is 0 Å². The first-order valence-corrected chi connectivity index (χ1v) is 11.1. The van der Waals surface area contributed by atoms with Crippen LogP contribution in [0.5, 0.6) is 0 Å². The molecule has 1 atom stereocenters. The molecule has 1 aromatic heterocycles. The van der Waals surface area contributed by atoms with E-state index in [4.69, 9.17) is 0 Å². The minimum Gasteiger partial charge on any atom is -0.299 e. The van der Waals surface area contributed by atoms with Crippen LogP contribution in [-0.4, -0.2) is 17.0 Å². The fraction of sp³-hybridized carbons (Fsp3) is 0.250. The summed E-state index contributed by atoms with van der Waals surface area (Å²) in [6.45, 7) is 0. The van der Waals surface area contributed by atoms with Crippen molar-refractivity contribution in [3.63, 3.8) is 0 Å². The number of halogens is 6. The Hall–Kier alpha value is -2.81. The number of Topliss-reactive ketones (excluding diaryl/α,β-unsaturated/α-hetero) is 1. The Morgan fingerprint density at radius 3 is 2.18 bits per heavy atom. The van der Waals surface area contributed by atoms with Gasteiger partial charge in [0.2, 0.25) is 0 Å². The highest BCUT2D eigenvalue weighted by molar-refractivity contribution is 7.98. The molecule has 0 N–H and O–H groups in total. The lowest BCUT2D eigenvalue weighted by molar-refractivity contribution is -0.139. The molecule has 0 saturated heterocycles. The largest absolute Gasteiger partial charge is 0.418 e. The second-order valence-electron chi connectivity index (χ2n) is 7.34. The molecule has 9 heteroatoms. The summed E-state index contributed by atoms with van der Waals surface area (Å²) in [5.41, 5.74) is -1.46. The number of nitrogens with zero attached hydrogens (tertiary/aromatic N) is 1. The molecule has 33 heavy (non-hydrogen) atoms. The molecule has 0 spiro atoms. The summed E-state index contributed by atoms with van der Waals surface area (Å²) in [5, 5.41) is 0. The molecule has 0 aliphatic heterocycles. The molecule has 0 unspecified atom stereocenters. The van der Waals surface area contributed by atoms with E-state index < -0.39 is 35.1 Å². The highest BCUT2D eigenvalue weighted by Gasteiger charge is 2.37. The van der Waals surface area contributed by atoms with E-state index in [2.05, 4.69) is 4.98 Å². The second-order valence-corrected chi connectivity index (χ2v) is 8.19. The lowest BCUT2D eigenvalue weighted by atomic mass is 9.86. The molecule has 0 aliphatic carbocycles. The van der Waals surface area contributed by atoms with E-state index in [0.717, 1.165) is 46.9 Å². The molecule has 0 saturated carbocycles. The molecule has 0 amide bonds. The van der Waals surface area contributed by atoms with Crippen LogP contribution < -0.4 is 0 Å². The Morgan fingerprint density at radius 2 is 1.58 bits per heavy atom. The van der Waals surface area contributed by atoms with E-state index in [1.165, 1.54) is 18.0 Å². The van der Waals surface area contributed by atoms with Crippen molar-refractivity contribution in [3.8, 4) is 0 Å². The van der Waals surface area contributed by atoms with Crippen molar-refractivity contribution in [2.24, 2.45) is 0 Å². The van der Waals surface area contributed by atoms with Crippen LogP contribution in [0.3, 0.4) is 0 Å². The van der Waals surface area contributed by atoms with Gasteiger partial charge in [-0.15, -0.1) is 11.8 Å². The zero-order valence-electron chi connectivity index (χ0n) is 17.4. The van der Waals surface area contributed by atoms with Crippen molar-refractivity contribution in [1.29, 1.82) is 0 Å². The van der Waals surface area contributed by atoms with Crippen LogP contribution in [0.25, 0.3) is 0 Å². The maximum absolute atomic E-state index is 13.7. The number of carbonyl (C=O) groups is 1. The zero-order valence-corrected chi connectivity index (χ0v) is 18.2. The molecule has 1 heterocycles.